The number of fused-ring (bicyclic) bond motifs is 1. The van der Waals surface area contributed by atoms with Crippen LogP contribution in [0, 0.1) is 11.8 Å². The zero-order chi connectivity index (χ0) is 14.9. The van der Waals surface area contributed by atoms with E-state index in [9.17, 15) is 4.79 Å². The van der Waals surface area contributed by atoms with E-state index in [1.807, 2.05) is 11.1 Å². The molecule has 22 heavy (non-hydrogen) atoms. The zero-order valence-electron chi connectivity index (χ0n) is 13.1. The maximum atomic E-state index is 12.8. The van der Waals surface area contributed by atoms with Crippen LogP contribution in [-0.4, -0.2) is 30.5 Å². The van der Waals surface area contributed by atoms with E-state index in [0.29, 0.717) is 17.7 Å². The van der Waals surface area contributed by atoms with Crippen molar-refractivity contribution in [3.63, 3.8) is 0 Å². The minimum atomic E-state index is 0.171. The number of piperidine rings is 2. The van der Waals surface area contributed by atoms with Crippen molar-refractivity contribution in [3.8, 4) is 0 Å². The van der Waals surface area contributed by atoms with E-state index in [-0.39, 0.29) is 5.92 Å². The van der Waals surface area contributed by atoms with Gasteiger partial charge in [-0.15, -0.1) is 11.3 Å². The highest BCUT2D eigenvalue weighted by Gasteiger charge is 2.39. The minimum absolute atomic E-state index is 0.171. The highest BCUT2D eigenvalue weighted by Crippen LogP contribution is 2.39. The second kappa shape index (κ2) is 6.28. The molecule has 2 atom stereocenters. The van der Waals surface area contributed by atoms with Gasteiger partial charge >= 0.3 is 0 Å². The van der Waals surface area contributed by atoms with Crippen LogP contribution in [0.2, 0.25) is 0 Å². The van der Waals surface area contributed by atoms with E-state index in [1.54, 1.807) is 11.3 Å². The smallest absolute Gasteiger partial charge is 0.233 e. The number of amides is 1. The van der Waals surface area contributed by atoms with E-state index < -0.39 is 0 Å². The molecule has 0 unspecified atom stereocenters. The highest BCUT2D eigenvalue weighted by atomic mass is 32.1. The van der Waals surface area contributed by atoms with Crippen molar-refractivity contribution in [2.75, 3.05) is 24.5 Å². The van der Waals surface area contributed by atoms with Gasteiger partial charge < -0.3 is 5.32 Å². The lowest BCUT2D eigenvalue weighted by molar-refractivity contribution is -0.126. The molecule has 120 valence electrons. The average molecular weight is 319 g/mol. The third-order valence-corrected chi connectivity index (χ3v) is 6.86. The maximum absolute atomic E-state index is 12.8. The van der Waals surface area contributed by atoms with Crippen LogP contribution in [0.25, 0.3) is 0 Å². The summed E-state index contributed by atoms with van der Waals surface area (Å²) in [4.78, 5) is 20.8. The topological polar surface area (TPSA) is 45.2 Å². The van der Waals surface area contributed by atoms with Crippen LogP contribution in [0.15, 0.2) is 6.20 Å². The largest absolute Gasteiger partial charge is 0.316 e. The molecule has 4 nitrogen and oxygen atoms in total. The first-order valence-electron chi connectivity index (χ1n) is 8.81. The second-order valence-electron chi connectivity index (χ2n) is 7.02. The molecule has 2 saturated heterocycles. The van der Waals surface area contributed by atoms with Crippen molar-refractivity contribution >= 4 is 22.4 Å². The summed E-state index contributed by atoms with van der Waals surface area (Å²) in [5.74, 6) is 1.74. The molecule has 1 amide bonds. The fourth-order valence-corrected chi connectivity index (χ4v) is 5.44. The molecule has 1 aromatic heterocycles. The third-order valence-electron chi connectivity index (χ3n) is 5.68. The molecule has 4 rings (SSSR count). The van der Waals surface area contributed by atoms with Crippen molar-refractivity contribution in [1.29, 1.82) is 0 Å². The number of thiazole rings is 1. The lowest BCUT2D eigenvalue weighted by Crippen LogP contribution is -2.52. The van der Waals surface area contributed by atoms with Gasteiger partial charge in [0.2, 0.25) is 5.91 Å². The Kier molecular flexibility index (Phi) is 4.18. The summed E-state index contributed by atoms with van der Waals surface area (Å²) in [7, 11) is 0. The predicted molar refractivity (Wildman–Crippen MR) is 89.4 cm³/mol. The van der Waals surface area contributed by atoms with E-state index in [1.165, 1.54) is 37.0 Å². The predicted octanol–water partition coefficient (Wildman–Crippen LogP) is 3.15. The Balaban J connectivity index is 1.49. The van der Waals surface area contributed by atoms with Crippen LogP contribution in [-0.2, 0) is 4.79 Å². The number of aromatic nitrogens is 1. The number of anilines is 1. The number of nitrogens with one attached hydrogen (secondary N) is 1. The van der Waals surface area contributed by atoms with Gasteiger partial charge in [-0.1, -0.05) is 19.3 Å². The van der Waals surface area contributed by atoms with Gasteiger partial charge in [-0.2, -0.15) is 0 Å². The molecule has 0 spiro atoms. The molecule has 5 heteroatoms. The fraction of sp³-hybridized carbons (Fsp3) is 0.765. The summed E-state index contributed by atoms with van der Waals surface area (Å²) in [5.41, 5.74) is 0. The Morgan fingerprint density at radius 1 is 1.18 bits per heavy atom. The highest BCUT2D eigenvalue weighted by molar-refractivity contribution is 7.15. The zero-order valence-corrected chi connectivity index (χ0v) is 13.9. The Bertz CT molecular complexity index is 538. The van der Waals surface area contributed by atoms with Crippen molar-refractivity contribution in [2.24, 2.45) is 11.8 Å². The van der Waals surface area contributed by atoms with Gasteiger partial charge in [0.1, 0.15) is 0 Å². The lowest BCUT2D eigenvalue weighted by atomic mass is 9.80. The van der Waals surface area contributed by atoms with Crippen LogP contribution >= 0.6 is 11.3 Å². The normalized spacial score (nSPS) is 30.4. The Hall–Kier alpha value is -0.940. The Labute approximate surface area is 136 Å². The fourth-order valence-electron chi connectivity index (χ4n) is 4.32. The van der Waals surface area contributed by atoms with E-state index in [4.69, 9.17) is 0 Å². The van der Waals surface area contributed by atoms with E-state index in [2.05, 4.69) is 10.3 Å². The summed E-state index contributed by atoms with van der Waals surface area (Å²) < 4.78 is 0. The number of carbonyl (C=O) groups is 1. The summed E-state index contributed by atoms with van der Waals surface area (Å²) in [6, 6.07) is 0. The number of carbonyl (C=O) groups excluding carboxylic acids is 1. The number of hydrogen-bond donors (Lipinski definition) is 1. The second-order valence-corrected chi connectivity index (χ2v) is 8.06. The van der Waals surface area contributed by atoms with Crippen molar-refractivity contribution in [2.45, 2.75) is 50.9 Å². The summed E-state index contributed by atoms with van der Waals surface area (Å²) in [5, 5.41) is 4.32. The minimum Gasteiger partial charge on any atom is -0.316 e. The van der Waals surface area contributed by atoms with Crippen LogP contribution in [0.4, 0.5) is 5.13 Å². The molecule has 0 radical (unpaired) electrons. The Morgan fingerprint density at radius 2 is 2.05 bits per heavy atom. The third kappa shape index (κ3) is 2.69. The molecule has 3 fully saturated rings. The molecule has 1 aromatic rings. The van der Waals surface area contributed by atoms with Gasteiger partial charge in [-0.25, -0.2) is 4.98 Å². The lowest BCUT2D eigenvalue weighted by Gasteiger charge is -2.39. The quantitative estimate of drug-likeness (QED) is 0.911. The van der Waals surface area contributed by atoms with Gasteiger partial charge in [0.15, 0.2) is 5.13 Å². The first-order valence-corrected chi connectivity index (χ1v) is 9.62. The number of rotatable bonds is 2. The first kappa shape index (κ1) is 14.6. The van der Waals surface area contributed by atoms with Crippen LogP contribution < -0.4 is 10.2 Å². The van der Waals surface area contributed by atoms with E-state index in [0.717, 1.165) is 37.6 Å². The molecule has 1 N–H and O–H groups in total. The molecular weight excluding hydrogens is 294 g/mol. The molecule has 3 aliphatic rings. The molecular formula is C17H25N3OS. The first-order chi connectivity index (χ1) is 10.8. The van der Waals surface area contributed by atoms with Gasteiger partial charge in [0, 0.05) is 24.2 Å². The van der Waals surface area contributed by atoms with Crippen molar-refractivity contribution in [1.82, 2.24) is 10.3 Å². The van der Waals surface area contributed by atoms with Gasteiger partial charge in [-0.3, -0.25) is 9.69 Å². The van der Waals surface area contributed by atoms with Crippen molar-refractivity contribution < 1.29 is 4.79 Å². The summed E-state index contributed by atoms with van der Waals surface area (Å²) in [6.07, 6.45) is 11.0. The molecule has 3 heterocycles. The molecule has 0 aromatic carbocycles. The van der Waals surface area contributed by atoms with Crippen LogP contribution in [0.1, 0.15) is 55.7 Å². The summed E-state index contributed by atoms with van der Waals surface area (Å²) in [6.45, 7) is 2.77. The SMILES string of the molecule is O=C1[C@H]2CNCC[C@@H]2CCN1c1ncc(C2CCCCC2)s1. The van der Waals surface area contributed by atoms with Crippen molar-refractivity contribution in [3.05, 3.63) is 11.1 Å². The Morgan fingerprint density at radius 3 is 2.91 bits per heavy atom. The molecule has 2 aliphatic heterocycles. The van der Waals surface area contributed by atoms with Gasteiger partial charge in [-0.05, 0) is 44.1 Å². The van der Waals surface area contributed by atoms with E-state index >= 15 is 0 Å². The van der Waals surface area contributed by atoms with Crippen LogP contribution in [0.5, 0.6) is 0 Å². The summed E-state index contributed by atoms with van der Waals surface area (Å²) >= 11 is 1.76. The van der Waals surface area contributed by atoms with Gasteiger partial charge in [0.05, 0.1) is 5.92 Å². The number of hydrogen-bond acceptors (Lipinski definition) is 4. The van der Waals surface area contributed by atoms with Crippen LogP contribution in [0.3, 0.4) is 0 Å². The molecule has 1 saturated carbocycles. The average Bonchev–Trinajstić information content (AvgIpc) is 3.06. The van der Waals surface area contributed by atoms with Gasteiger partial charge in [0.25, 0.3) is 0 Å². The molecule has 0 bridgehead atoms. The molecule has 1 aliphatic carbocycles. The number of nitrogens with zero attached hydrogens (tertiary/aromatic N) is 2. The monoisotopic (exact) mass is 319 g/mol. The maximum Gasteiger partial charge on any atom is 0.233 e. The standard InChI is InChI=1S/C17H25N3OS/c21-16-14-10-18-8-6-12(14)7-9-20(16)17-19-11-15(22-17)13-4-2-1-3-5-13/h11-14,18H,1-10H2/t12-,14+/m1/s1.